The molecule has 0 aromatic heterocycles. The third-order valence-electron chi connectivity index (χ3n) is 3.78. The topological polar surface area (TPSA) is 23.5 Å². The van der Waals surface area contributed by atoms with Crippen molar-refractivity contribution in [3.8, 4) is 0 Å². The molecule has 0 amide bonds. The van der Waals surface area contributed by atoms with Crippen LogP contribution in [0.5, 0.6) is 0 Å². The average molecular weight is 233 g/mol. The van der Waals surface area contributed by atoms with Crippen molar-refractivity contribution in [1.82, 2.24) is 0 Å². The molecule has 1 N–H and O–H groups in total. The molecule has 0 spiro atoms. The van der Waals surface area contributed by atoms with Crippen molar-refractivity contribution in [2.45, 2.75) is 44.1 Å². The van der Waals surface area contributed by atoms with Gasteiger partial charge in [0.1, 0.15) is 0 Å². The first-order chi connectivity index (χ1) is 8.11. The van der Waals surface area contributed by atoms with Gasteiger partial charge in [-0.25, -0.2) is 0 Å². The molecular formula is C15H23NO. The second-order valence-electron chi connectivity index (χ2n) is 5.48. The highest BCUT2D eigenvalue weighted by Crippen LogP contribution is 2.33. The molecule has 1 aromatic rings. The first-order valence-electron chi connectivity index (χ1n) is 6.58. The van der Waals surface area contributed by atoms with Gasteiger partial charge in [-0.3, -0.25) is 0 Å². The number of benzene rings is 1. The number of hydrogen-bond acceptors (Lipinski definition) is 2. The Bertz CT molecular complexity index is 367. The van der Waals surface area contributed by atoms with Crippen LogP contribution in [0.25, 0.3) is 0 Å². The van der Waals surface area contributed by atoms with E-state index in [1.54, 1.807) is 0 Å². The third-order valence-corrected chi connectivity index (χ3v) is 3.78. The number of para-hydroxylation sites is 1. The largest absolute Gasteiger partial charge is 0.390 e. The summed E-state index contributed by atoms with van der Waals surface area (Å²) < 4.78 is 0. The molecule has 2 rings (SSSR count). The molecule has 1 aromatic carbocycles. The minimum absolute atomic E-state index is 0.468. The van der Waals surface area contributed by atoms with Crippen LogP contribution in [0.4, 0.5) is 5.69 Å². The molecule has 0 bridgehead atoms. The normalized spacial score (nSPS) is 19.0. The summed E-state index contributed by atoms with van der Waals surface area (Å²) in [6.45, 7) is 0. The second kappa shape index (κ2) is 5.09. The van der Waals surface area contributed by atoms with Crippen LogP contribution in [0.3, 0.4) is 0 Å². The van der Waals surface area contributed by atoms with E-state index in [0.29, 0.717) is 0 Å². The summed E-state index contributed by atoms with van der Waals surface area (Å²) in [6, 6.07) is 8.39. The van der Waals surface area contributed by atoms with Crippen molar-refractivity contribution in [1.29, 1.82) is 0 Å². The second-order valence-corrected chi connectivity index (χ2v) is 5.48. The Kier molecular flexibility index (Phi) is 3.72. The lowest BCUT2D eigenvalue weighted by Gasteiger charge is -2.33. The molecule has 0 radical (unpaired) electrons. The van der Waals surface area contributed by atoms with E-state index in [1.165, 1.54) is 30.5 Å². The zero-order chi connectivity index (χ0) is 12.3. The highest BCUT2D eigenvalue weighted by atomic mass is 16.3. The lowest BCUT2D eigenvalue weighted by Crippen LogP contribution is -2.34. The molecular weight excluding hydrogens is 210 g/mol. The number of aliphatic hydroxyl groups is 1. The maximum Gasteiger partial charge on any atom is 0.0688 e. The minimum Gasteiger partial charge on any atom is -0.390 e. The molecule has 2 heteroatoms. The quantitative estimate of drug-likeness (QED) is 0.867. The van der Waals surface area contributed by atoms with Gasteiger partial charge in [-0.2, -0.15) is 0 Å². The number of nitrogens with zero attached hydrogens (tertiary/aromatic N) is 1. The molecule has 0 unspecified atom stereocenters. The van der Waals surface area contributed by atoms with E-state index in [9.17, 15) is 5.11 Å². The van der Waals surface area contributed by atoms with E-state index in [-0.39, 0.29) is 0 Å². The van der Waals surface area contributed by atoms with Gasteiger partial charge < -0.3 is 10.0 Å². The number of hydrogen-bond donors (Lipinski definition) is 1. The summed E-state index contributed by atoms with van der Waals surface area (Å²) in [5.41, 5.74) is 2.03. The van der Waals surface area contributed by atoms with E-state index in [0.717, 1.165) is 19.3 Å². The zero-order valence-electron chi connectivity index (χ0n) is 10.9. The fourth-order valence-electron chi connectivity index (χ4n) is 2.84. The molecule has 94 valence electrons. The monoisotopic (exact) mass is 233 g/mol. The first-order valence-corrected chi connectivity index (χ1v) is 6.58. The van der Waals surface area contributed by atoms with Crippen molar-refractivity contribution in [2.75, 3.05) is 19.0 Å². The summed E-state index contributed by atoms with van der Waals surface area (Å²) in [7, 11) is 4.12. The Hall–Kier alpha value is -1.02. The molecule has 0 saturated heterocycles. The van der Waals surface area contributed by atoms with Crippen LogP contribution < -0.4 is 4.90 Å². The first kappa shape index (κ1) is 12.4. The summed E-state index contributed by atoms with van der Waals surface area (Å²) >= 11 is 0. The van der Waals surface area contributed by atoms with E-state index in [4.69, 9.17) is 0 Å². The van der Waals surface area contributed by atoms with Gasteiger partial charge in [0.15, 0.2) is 0 Å². The van der Waals surface area contributed by atoms with Crippen LogP contribution in [0.15, 0.2) is 24.3 Å². The van der Waals surface area contributed by atoms with Crippen molar-refractivity contribution >= 4 is 5.69 Å². The Balaban J connectivity index is 2.17. The summed E-state index contributed by atoms with van der Waals surface area (Å²) in [4.78, 5) is 2.13. The van der Waals surface area contributed by atoms with Crippen molar-refractivity contribution in [2.24, 2.45) is 0 Å². The van der Waals surface area contributed by atoms with Crippen molar-refractivity contribution in [3.05, 3.63) is 29.8 Å². The van der Waals surface area contributed by atoms with Crippen LogP contribution in [-0.2, 0) is 6.42 Å². The van der Waals surface area contributed by atoms with E-state index in [1.807, 2.05) is 0 Å². The van der Waals surface area contributed by atoms with Gasteiger partial charge in [0, 0.05) is 26.2 Å². The Morgan fingerprint density at radius 1 is 1.12 bits per heavy atom. The highest BCUT2D eigenvalue weighted by molar-refractivity contribution is 5.52. The van der Waals surface area contributed by atoms with Crippen molar-refractivity contribution < 1.29 is 5.11 Å². The molecule has 1 saturated carbocycles. The van der Waals surface area contributed by atoms with E-state index < -0.39 is 5.60 Å². The van der Waals surface area contributed by atoms with Crippen LogP contribution in [0.2, 0.25) is 0 Å². The Labute approximate surface area is 104 Å². The zero-order valence-corrected chi connectivity index (χ0v) is 10.9. The number of anilines is 1. The van der Waals surface area contributed by atoms with Gasteiger partial charge in [-0.15, -0.1) is 0 Å². The number of rotatable bonds is 3. The standard InChI is InChI=1S/C15H23NO/c1-16(2)14-9-5-4-8-13(14)12-15(17)10-6-3-7-11-15/h4-5,8-9,17H,3,6-7,10-12H2,1-2H3. The van der Waals surface area contributed by atoms with Gasteiger partial charge in [0.05, 0.1) is 5.60 Å². The predicted octanol–water partition coefficient (Wildman–Crippen LogP) is 2.99. The average Bonchev–Trinajstić information content (AvgIpc) is 2.29. The van der Waals surface area contributed by atoms with Crippen LogP contribution in [-0.4, -0.2) is 24.8 Å². The molecule has 0 atom stereocenters. The molecule has 0 aliphatic heterocycles. The van der Waals surface area contributed by atoms with Crippen LogP contribution in [0, 0.1) is 0 Å². The van der Waals surface area contributed by atoms with Crippen LogP contribution in [0.1, 0.15) is 37.7 Å². The summed E-state index contributed by atoms with van der Waals surface area (Å²) in [5, 5.41) is 10.6. The SMILES string of the molecule is CN(C)c1ccccc1CC1(O)CCCCC1. The van der Waals surface area contributed by atoms with Gasteiger partial charge >= 0.3 is 0 Å². The lowest BCUT2D eigenvalue weighted by molar-refractivity contribution is 0.00458. The Morgan fingerprint density at radius 2 is 1.76 bits per heavy atom. The molecule has 0 heterocycles. The van der Waals surface area contributed by atoms with E-state index in [2.05, 4.69) is 43.3 Å². The van der Waals surface area contributed by atoms with Crippen molar-refractivity contribution in [3.63, 3.8) is 0 Å². The molecule has 1 aliphatic rings. The predicted molar refractivity (Wildman–Crippen MR) is 72.5 cm³/mol. The molecule has 1 aliphatic carbocycles. The molecule has 1 fully saturated rings. The smallest absolute Gasteiger partial charge is 0.0688 e. The fraction of sp³-hybridized carbons (Fsp3) is 0.600. The van der Waals surface area contributed by atoms with E-state index >= 15 is 0 Å². The minimum atomic E-state index is -0.468. The molecule has 2 nitrogen and oxygen atoms in total. The fourth-order valence-corrected chi connectivity index (χ4v) is 2.84. The summed E-state index contributed by atoms with van der Waals surface area (Å²) in [6.07, 6.45) is 6.31. The van der Waals surface area contributed by atoms with Gasteiger partial charge in [0.25, 0.3) is 0 Å². The lowest BCUT2D eigenvalue weighted by atomic mass is 9.80. The van der Waals surface area contributed by atoms with Crippen LogP contribution >= 0.6 is 0 Å². The maximum absolute atomic E-state index is 10.6. The molecule has 17 heavy (non-hydrogen) atoms. The Morgan fingerprint density at radius 3 is 2.41 bits per heavy atom. The van der Waals surface area contributed by atoms with Gasteiger partial charge in [-0.1, -0.05) is 37.5 Å². The summed E-state index contributed by atoms with van der Waals surface area (Å²) in [5.74, 6) is 0. The maximum atomic E-state index is 10.6. The van der Waals surface area contributed by atoms with Gasteiger partial charge in [0.2, 0.25) is 0 Å². The third kappa shape index (κ3) is 3.01. The highest BCUT2D eigenvalue weighted by Gasteiger charge is 2.30. The van der Waals surface area contributed by atoms with Gasteiger partial charge in [-0.05, 0) is 24.5 Å².